The first-order chi connectivity index (χ1) is 6.14. The molecule has 3 nitrogen and oxygen atoms in total. The first kappa shape index (κ1) is 10.2. The summed E-state index contributed by atoms with van der Waals surface area (Å²) in [5.41, 5.74) is -0.374. The van der Waals surface area contributed by atoms with Gasteiger partial charge in [-0.3, -0.25) is 14.9 Å². The molecule has 1 N–H and O–H groups in total. The molecule has 0 aromatic rings. The Bertz CT molecular complexity index is 217. The highest BCUT2D eigenvalue weighted by molar-refractivity contribution is 6.05. The van der Waals surface area contributed by atoms with Crippen LogP contribution in [0.3, 0.4) is 0 Å². The summed E-state index contributed by atoms with van der Waals surface area (Å²) in [6, 6.07) is 0. The minimum Gasteiger partial charge on any atom is -0.296 e. The summed E-state index contributed by atoms with van der Waals surface area (Å²) in [6.45, 7) is 4.10. The van der Waals surface area contributed by atoms with Crippen LogP contribution in [-0.2, 0) is 9.59 Å². The average Bonchev–Trinajstić information content (AvgIpc) is 2.28. The Balaban J connectivity index is 2.77. The Kier molecular flexibility index (Phi) is 3.07. The Morgan fingerprint density at radius 3 is 2.08 bits per heavy atom. The second-order valence-corrected chi connectivity index (χ2v) is 3.83. The van der Waals surface area contributed by atoms with E-state index in [4.69, 9.17) is 0 Å². The predicted octanol–water partition coefficient (Wildman–Crippen LogP) is 1.62. The van der Waals surface area contributed by atoms with E-state index in [0.717, 1.165) is 25.7 Å². The van der Waals surface area contributed by atoms with Crippen molar-refractivity contribution in [1.82, 2.24) is 5.32 Å². The van der Waals surface area contributed by atoms with Gasteiger partial charge in [0.1, 0.15) is 0 Å². The summed E-state index contributed by atoms with van der Waals surface area (Å²) in [5.74, 6) is -0.159. The van der Waals surface area contributed by atoms with Crippen molar-refractivity contribution in [3.63, 3.8) is 0 Å². The molecule has 0 aromatic heterocycles. The molecule has 1 saturated heterocycles. The van der Waals surface area contributed by atoms with Crippen LogP contribution in [0.2, 0.25) is 0 Å². The monoisotopic (exact) mass is 183 g/mol. The van der Waals surface area contributed by atoms with Gasteiger partial charge < -0.3 is 0 Å². The second-order valence-electron chi connectivity index (χ2n) is 3.83. The molecule has 1 heterocycles. The first-order valence-electron chi connectivity index (χ1n) is 4.99. The number of carbonyl (C=O) groups excluding carboxylic acids is 2. The predicted molar refractivity (Wildman–Crippen MR) is 50.0 cm³/mol. The van der Waals surface area contributed by atoms with Gasteiger partial charge in [-0.15, -0.1) is 0 Å². The SMILES string of the molecule is CCCC1(CCC)CC(=O)NC1=O. The molecule has 13 heavy (non-hydrogen) atoms. The van der Waals surface area contributed by atoms with Crippen LogP contribution in [0, 0.1) is 5.41 Å². The summed E-state index contributed by atoms with van der Waals surface area (Å²) in [4.78, 5) is 22.6. The van der Waals surface area contributed by atoms with E-state index >= 15 is 0 Å². The van der Waals surface area contributed by atoms with E-state index in [1.165, 1.54) is 0 Å². The van der Waals surface area contributed by atoms with Gasteiger partial charge in [-0.25, -0.2) is 0 Å². The van der Waals surface area contributed by atoms with E-state index in [1.54, 1.807) is 0 Å². The molecule has 0 spiro atoms. The lowest BCUT2D eigenvalue weighted by atomic mass is 9.78. The van der Waals surface area contributed by atoms with Crippen molar-refractivity contribution in [3.05, 3.63) is 0 Å². The molecular weight excluding hydrogens is 166 g/mol. The molecule has 1 rings (SSSR count). The zero-order chi connectivity index (χ0) is 9.90. The lowest BCUT2D eigenvalue weighted by Crippen LogP contribution is -2.31. The van der Waals surface area contributed by atoms with Crippen LogP contribution in [0.15, 0.2) is 0 Å². The topological polar surface area (TPSA) is 46.2 Å². The third-order valence-corrected chi connectivity index (χ3v) is 2.69. The summed E-state index contributed by atoms with van der Waals surface area (Å²) < 4.78 is 0. The molecule has 1 aliphatic rings. The first-order valence-corrected chi connectivity index (χ1v) is 4.99. The molecule has 0 bridgehead atoms. The van der Waals surface area contributed by atoms with Crippen molar-refractivity contribution in [2.24, 2.45) is 5.41 Å². The van der Waals surface area contributed by atoms with Gasteiger partial charge in [0.25, 0.3) is 0 Å². The number of hydrogen-bond donors (Lipinski definition) is 1. The molecule has 0 aromatic carbocycles. The van der Waals surface area contributed by atoms with E-state index in [2.05, 4.69) is 5.32 Å². The van der Waals surface area contributed by atoms with Gasteiger partial charge in [-0.05, 0) is 12.8 Å². The van der Waals surface area contributed by atoms with Crippen LogP contribution in [0.5, 0.6) is 0 Å². The number of imide groups is 1. The Hall–Kier alpha value is -0.860. The fourth-order valence-corrected chi connectivity index (χ4v) is 2.18. The smallest absolute Gasteiger partial charge is 0.233 e. The van der Waals surface area contributed by atoms with Crippen molar-refractivity contribution in [2.45, 2.75) is 46.0 Å². The maximum Gasteiger partial charge on any atom is 0.233 e. The zero-order valence-corrected chi connectivity index (χ0v) is 8.35. The second kappa shape index (κ2) is 3.90. The van der Waals surface area contributed by atoms with E-state index in [-0.39, 0.29) is 17.2 Å². The van der Waals surface area contributed by atoms with Gasteiger partial charge in [0, 0.05) is 6.42 Å². The molecule has 0 unspecified atom stereocenters. The van der Waals surface area contributed by atoms with Crippen LogP contribution in [-0.4, -0.2) is 11.8 Å². The Morgan fingerprint density at radius 1 is 1.23 bits per heavy atom. The van der Waals surface area contributed by atoms with Crippen molar-refractivity contribution >= 4 is 11.8 Å². The normalized spacial score (nSPS) is 20.5. The number of amides is 2. The highest BCUT2D eigenvalue weighted by Gasteiger charge is 2.44. The number of hydrogen-bond acceptors (Lipinski definition) is 2. The van der Waals surface area contributed by atoms with Gasteiger partial charge in [0.2, 0.25) is 11.8 Å². The summed E-state index contributed by atoms with van der Waals surface area (Å²) in [6.07, 6.45) is 3.98. The molecule has 0 aliphatic carbocycles. The standard InChI is InChI=1S/C10H17NO2/c1-3-5-10(6-4-2)7-8(12)11-9(10)13/h3-7H2,1-2H3,(H,11,12,13). The average molecular weight is 183 g/mol. The zero-order valence-electron chi connectivity index (χ0n) is 8.35. The van der Waals surface area contributed by atoms with Crippen molar-refractivity contribution in [2.75, 3.05) is 0 Å². The van der Waals surface area contributed by atoms with Gasteiger partial charge in [-0.1, -0.05) is 26.7 Å². The molecule has 1 aliphatic heterocycles. The van der Waals surface area contributed by atoms with Crippen LogP contribution in [0.1, 0.15) is 46.0 Å². The molecule has 3 heteroatoms. The molecule has 1 fully saturated rings. The maximum absolute atomic E-state index is 11.6. The van der Waals surface area contributed by atoms with Crippen molar-refractivity contribution < 1.29 is 9.59 Å². The van der Waals surface area contributed by atoms with Crippen LogP contribution >= 0.6 is 0 Å². The van der Waals surface area contributed by atoms with Crippen LogP contribution in [0.25, 0.3) is 0 Å². The van der Waals surface area contributed by atoms with E-state index in [1.807, 2.05) is 13.8 Å². The van der Waals surface area contributed by atoms with Gasteiger partial charge in [-0.2, -0.15) is 0 Å². The quantitative estimate of drug-likeness (QED) is 0.673. The lowest BCUT2D eigenvalue weighted by molar-refractivity contribution is -0.129. The third-order valence-electron chi connectivity index (χ3n) is 2.69. The molecule has 2 amide bonds. The van der Waals surface area contributed by atoms with Crippen LogP contribution < -0.4 is 5.32 Å². The van der Waals surface area contributed by atoms with Gasteiger partial charge in [0.05, 0.1) is 5.41 Å². The van der Waals surface area contributed by atoms with Gasteiger partial charge in [0.15, 0.2) is 0 Å². The Morgan fingerprint density at radius 2 is 1.77 bits per heavy atom. The molecule has 0 radical (unpaired) electrons. The summed E-state index contributed by atoms with van der Waals surface area (Å²) in [7, 11) is 0. The fourth-order valence-electron chi connectivity index (χ4n) is 2.18. The molecule has 74 valence electrons. The Labute approximate surface area is 78.9 Å². The van der Waals surface area contributed by atoms with Gasteiger partial charge >= 0.3 is 0 Å². The van der Waals surface area contributed by atoms with E-state index in [9.17, 15) is 9.59 Å². The molecule has 0 saturated carbocycles. The van der Waals surface area contributed by atoms with Crippen molar-refractivity contribution in [1.29, 1.82) is 0 Å². The van der Waals surface area contributed by atoms with E-state index in [0.29, 0.717) is 6.42 Å². The third kappa shape index (κ3) is 1.90. The summed E-state index contributed by atoms with van der Waals surface area (Å²) in [5, 5.41) is 2.40. The van der Waals surface area contributed by atoms with E-state index < -0.39 is 0 Å². The van der Waals surface area contributed by atoms with Crippen LogP contribution in [0.4, 0.5) is 0 Å². The molecule has 0 atom stereocenters. The highest BCUT2D eigenvalue weighted by atomic mass is 16.2. The number of rotatable bonds is 4. The minimum atomic E-state index is -0.374. The summed E-state index contributed by atoms with van der Waals surface area (Å²) >= 11 is 0. The van der Waals surface area contributed by atoms with Crippen molar-refractivity contribution in [3.8, 4) is 0 Å². The highest BCUT2D eigenvalue weighted by Crippen LogP contribution is 2.37. The maximum atomic E-state index is 11.6. The lowest BCUT2D eigenvalue weighted by Gasteiger charge is -2.23. The fraction of sp³-hybridized carbons (Fsp3) is 0.800. The number of nitrogens with one attached hydrogen (secondary N) is 1. The minimum absolute atomic E-state index is 0.0544. The molecular formula is C10H17NO2. The largest absolute Gasteiger partial charge is 0.296 e. The number of carbonyl (C=O) groups is 2.